The number of thiophene rings is 1. The van der Waals surface area contributed by atoms with E-state index in [1.54, 1.807) is 18.4 Å². The first-order valence-electron chi connectivity index (χ1n) is 6.80. The molecule has 0 saturated heterocycles. The summed E-state index contributed by atoms with van der Waals surface area (Å²) in [5.41, 5.74) is 5.56. The van der Waals surface area contributed by atoms with Gasteiger partial charge in [0.05, 0.1) is 17.6 Å². The molecule has 0 spiro atoms. The number of carbonyl (C=O) groups is 2. The van der Waals surface area contributed by atoms with Gasteiger partial charge in [-0.3, -0.25) is 4.79 Å². The lowest BCUT2D eigenvalue weighted by molar-refractivity contribution is -0.125. The number of carbonyl (C=O) groups excluding carboxylic acids is 2. The van der Waals surface area contributed by atoms with Gasteiger partial charge < -0.3 is 15.8 Å². The predicted octanol–water partition coefficient (Wildman–Crippen LogP) is 2.63. The minimum atomic E-state index is -0.587. The van der Waals surface area contributed by atoms with E-state index >= 15 is 0 Å². The highest BCUT2D eigenvalue weighted by molar-refractivity contribution is 7.14. The molecular weight excluding hydrogens is 276 g/mol. The van der Waals surface area contributed by atoms with E-state index in [-0.39, 0.29) is 12.5 Å². The molecule has 0 aliphatic rings. The topological polar surface area (TPSA) is 81.4 Å². The van der Waals surface area contributed by atoms with E-state index in [1.807, 2.05) is 13.8 Å². The standard InChI is InChI=1S/C14H22N2O3S/c1-4-14(5-2,9-15)13(18)16-11-10(7-8-20-11)12(17)19-6-3/h7-8H,4-6,9,15H2,1-3H3,(H,16,18). The van der Waals surface area contributed by atoms with Gasteiger partial charge in [-0.1, -0.05) is 13.8 Å². The molecule has 0 aliphatic heterocycles. The maximum absolute atomic E-state index is 12.4. The van der Waals surface area contributed by atoms with Crippen LogP contribution in [0.25, 0.3) is 0 Å². The van der Waals surface area contributed by atoms with Gasteiger partial charge in [0.15, 0.2) is 0 Å². The van der Waals surface area contributed by atoms with Gasteiger partial charge in [-0.05, 0) is 31.2 Å². The van der Waals surface area contributed by atoms with Gasteiger partial charge in [0.25, 0.3) is 0 Å². The van der Waals surface area contributed by atoms with E-state index in [4.69, 9.17) is 10.5 Å². The predicted molar refractivity (Wildman–Crippen MR) is 81.0 cm³/mol. The fourth-order valence-electron chi connectivity index (χ4n) is 1.96. The van der Waals surface area contributed by atoms with Gasteiger partial charge in [-0.2, -0.15) is 0 Å². The monoisotopic (exact) mass is 298 g/mol. The Morgan fingerprint density at radius 3 is 2.50 bits per heavy atom. The van der Waals surface area contributed by atoms with Crippen LogP contribution in [0.3, 0.4) is 0 Å². The Labute approximate surface area is 123 Å². The van der Waals surface area contributed by atoms with Crippen LogP contribution in [0, 0.1) is 5.41 Å². The summed E-state index contributed by atoms with van der Waals surface area (Å²) in [6.45, 7) is 6.22. The first kappa shape index (κ1) is 16.7. The van der Waals surface area contributed by atoms with Gasteiger partial charge in [0.1, 0.15) is 5.00 Å². The highest BCUT2D eigenvalue weighted by Crippen LogP contribution is 2.30. The third-order valence-electron chi connectivity index (χ3n) is 3.61. The van der Waals surface area contributed by atoms with E-state index in [0.29, 0.717) is 30.0 Å². The maximum Gasteiger partial charge on any atom is 0.341 e. The number of esters is 1. The van der Waals surface area contributed by atoms with Crippen LogP contribution >= 0.6 is 11.3 Å². The molecule has 0 bridgehead atoms. The molecule has 1 heterocycles. The van der Waals surface area contributed by atoms with Crippen molar-refractivity contribution in [3.63, 3.8) is 0 Å². The second-order valence-corrected chi connectivity index (χ2v) is 5.45. The molecule has 1 aromatic heterocycles. The third-order valence-corrected chi connectivity index (χ3v) is 4.44. The van der Waals surface area contributed by atoms with E-state index in [2.05, 4.69) is 5.32 Å². The molecule has 6 heteroatoms. The molecule has 0 saturated carbocycles. The first-order chi connectivity index (χ1) is 9.54. The van der Waals surface area contributed by atoms with E-state index in [1.165, 1.54) is 11.3 Å². The zero-order chi connectivity index (χ0) is 15.2. The quantitative estimate of drug-likeness (QED) is 0.758. The molecule has 112 valence electrons. The molecule has 1 rings (SSSR count). The lowest BCUT2D eigenvalue weighted by Crippen LogP contribution is -2.41. The summed E-state index contributed by atoms with van der Waals surface area (Å²) in [4.78, 5) is 24.2. The minimum Gasteiger partial charge on any atom is -0.462 e. The van der Waals surface area contributed by atoms with Crippen LogP contribution in [0.2, 0.25) is 0 Å². The van der Waals surface area contributed by atoms with Crippen LogP contribution in [-0.2, 0) is 9.53 Å². The number of nitrogens with two attached hydrogens (primary N) is 1. The van der Waals surface area contributed by atoms with Crippen LogP contribution in [0.1, 0.15) is 44.0 Å². The van der Waals surface area contributed by atoms with Gasteiger partial charge in [-0.25, -0.2) is 4.79 Å². The Balaban J connectivity index is 2.91. The molecule has 0 fully saturated rings. The minimum absolute atomic E-state index is 0.141. The summed E-state index contributed by atoms with van der Waals surface area (Å²) >= 11 is 1.31. The van der Waals surface area contributed by atoms with Crippen LogP contribution in [-0.4, -0.2) is 25.0 Å². The van der Waals surface area contributed by atoms with Crippen LogP contribution in [0.15, 0.2) is 11.4 Å². The average Bonchev–Trinajstić information content (AvgIpc) is 2.90. The molecule has 0 aliphatic carbocycles. The summed E-state index contributed by atoms with van der Waals surface area (Å²) in [6.07, 6.45) is 1.32. The molecular formula is C14H22N2O3S. The molecule has 1 aromatic rings. The number of hydrogen-bond donors (Lipinski definition) is 2. The van der Waals surface area contributed by atoms with Crippen molar-refractivity contribution in [3.05, 3.63) is 17.0 Å². The molecule has 0 unspecified atom stereocenters. The number of nitrogens with one attached hydrogen (secondary N) is 1. The Bertz CT molecular complexity index is 458. The summed E-state index contributed by atoms with van der Waals surface area (Å²) in [5, 5.41) is 5.10. The molecule has 0 atom stereocenters. The number of rotatable bonds is 7. The van der Waals surface area contributed by atoms with Gasteiger partial charge in [0, 0.05) is 6.54 Å². The fraction of sp³-hybridized carbons (Fsp3) is 0.571. The Hall–Kier alpha value is -1.40. The van der Waals surface area contributed by atoms with Crippen LogP contribution in [0.4, 0.5) is 5.00 Å². The maximum atomic E-state index is 12.4. The highest BCUT2D eigenvalue weighted by Gasteiger charge is 2.34. The van der Waals surface area contributed by atoms with E-state index in [0.717, 1.165) is 0 Å². The second-order valence-electron chi connectivity index (χ2n) is 4.53. The fourth-order valence-corrected chi connectivity index (χ4v) is 2.73. The number of amides is 1. The van der Waals surface area contributed by atoms with Crippen molar-refractivity contribution in [2.75, 3.05) is 18.5 Å². The SMILES string of the molecule is CCOC(=O)c1ccsc1NC(=O)C(CC)(CC)CN. The molecule has 0 radical (unpaired) electrons. The van der Waals surface area contributed by atoms with Gasteiger partial charge in [0.2, 0.25) is 5.91 Å². The normalized spacial score (nSPS) is 11.2. The largest absolute Gasteiger partial charge is 0.462 e. The molecule has 0 aromatic carbocycles. The Morgan fingerprint density at radius 2 is 2.00 bits per heavy atom. The lowest BCUT2D eigenvalue weighted by Gasteiger charge is -2.28. The molecule has 1 amide bonds. The van der Waals surface area contributed by atoms with E-state index in [9.17, 15) is 9.59 Å². The third kappa shape index (κ3) is 3.37. The van der Waals surface area contributed by atoms with Crippen molar-refractivity contribution in [3.8, 4) is 0 Å². The van der Waals surface area contributed by atoms with Crippen LogP contribution in [0.5, 0.6) is 0 Å². The van der Waals surface area contributed by atoms with Crippen LogP contribution < -0.4 is 11.1 Å². The summed E-state index contributed by atoms with van der Waals surface area (Å²) in [5.74, 6) is -0.562. The summed E-state index contributed by atoms with van der Waals surface area (Å²) in [7, 11) is 0. The van der Waals surface area contributed by atoms with E-state index < -0.39 is 11.4 Å². The number of hydrogen-bond acceptors (Lipinski definition) is 5. The molecule has 20 heavy (non-hydrogen) atoms. The van der Waals surface area contributed by atoms with Gasteiger partial charge >= 0.3 is 5.97 Å². The Morgan fingerprint density at radius 1 is 1.35 bits per heavy atom. The van der Waals surface area contributed by atoms with Crippen molar-refractivity contribution in [2.24, 2.45) is 11.1 Å². The van der Waals surface area contributed by atoms with Crippen molar-refractivity contribution >= 4 is 28.2 Å². The smallest absolute Gasteiger partial charge is 0.341 e. The lowest BCUT2D eigenvalue weighted by atomic mass is 9.81. The van der Waals surface area contributed by atoms with Crippen molar-refractivity contribution in [1.82, 2.24) is 0 Å². The molecule has 3 N–H and O–H groups in total. The Kier molecular flexibility index (Phi) is 6.16. The number of anilines is 1. The van der Waals surface area contributed by atoms with Gasteiger partial charge in [-0.15, -0.1) is 11.3 Å². The first-order valence-corrected chi connectivity index (χ1v) is 7.68. The summed E-state index contributed by atoms with van der Waals surface area (Å²) < 4.78 is 4.96. The number of ether oxygens (including phenoxy) is 1. The average molecular weight is 298 g/mol. The molecule has 5 nitrogen and oxygen atoms in total. The zero-order valence-corrected chi connectivity index (χ0v) is 13.0. The van der Waals surface area contributed by atoms with Crippen molar-refractivity contribution in [1.29, 1.82) is 0 Å². The van der Waals surface area contributed by atoms with Crippen molar-refractivity contribution in [2.45, 2.75) is 33.6 Å². The second kappa shape index (κ2) is 7.40. The van der Waals surface area contributed by atoms with Crippen molar-refractivity contribution < 1.29 is 14.3 Å². The highest BCUT2D eigenvalue weighted by atomic mass is 32.1. The summed E-state index contributed by atoms with van der Waals surface area (Å²) in [6, 6.07) is 1.65. The zero-order valence-electron chi connectivity index (χ0n) is 12.2.